The van der Waals surface area contributed by atoms with E-state index in [-0.39, 0.29) is 6.04 Å². The Morgan fingerprint density at radius 3 is 2.88 bits per heavy atom. The third-order valence-electron chi connectivity index (χ3n) is 5.11. The summed E-state index contributed by atoms with van der Waals surface area (Å²) in [6, 6.07) is 2.45. The molecular weight excluding hydrogens is 352 g/mol. The smallest absolute Gasteiger partial charge is 0.226 e. The summed E-state index contributed by atoms with van der Waals surface area (Å²) in [5.41, 5.74) is 8.38. The van der Waals surface area contributed by atoms with E-state index in [0.29, 0.717) is 23.7 Å². The topological polar surface area (TPSA) is 102 Å². The van der Waals surface area contributed by atoms with Crippen molar-refractivity contribution in [2.45, 2.75) is 57.0 Å². The summed E-state index contributed by atoms with van der Waals surface area (Å²) >= 11 is 6.27. The summed E-state index contributed by atoms with van der Waals surface area (Å²) in [6.45, 7) is 3.55. The maximum absolute atomic E-state index is 8.38. The summed E-state index contributed by atoms with van der Waals surface area (Å²) < 4.78 is 0. The number of hydrogen-bond donors (Lipinski definition) is 2. The molecule has 2 aliphatic heterocycles. The van der Waals surface area contributed by atoms with E-state index < -0.39 is 0 Å². The Morgan fingerprint density at radius 1 is 1.31 bits per heavy atom. The van der Waals surface area contributed by atoms with Crippen LogP contribution in [0.3, 0.4) is 0 Å². The maximum atomic E-state index is 8.38. The van der Waals surface area contributed by atoms with Gasteiger partial charge in [0, 0.05) is 42.7 Å². The zero-order chi connectivity index (χ0) is 18.2. The molecule has 0 aromatic carbocycles. The van der Waals surface area contributed by atoms with Crippen molar-refractivity contribution < 1.29 is 0 Å². The molecule has 0 saturated carbocycles. The summed E-state index contributed by atoms with van der Waals surface area (Å²) in [5.74, 6) is 1.52. The van der Waals surface area contributed by atoms with E-state index in [9.17, 15) is 0 Å². The Hall–Kier alpha value is -1.76. The Bertz CT molecular complexity index is 625. The first kappa shape index (κ1) is 19.0. The van der Waals surface area contributed by atoms with Crippen molar-refractivity contribution in [1.82, 2.24) is 15.3 Å². The average Bonchev–Trinajstić information content (AvgIpc) is 2.89. The van der Waals surface area contributed by atoms with Gasteiger partial charge in [-0.25, -0.2) is 4.98 Å². The van der Waals surface area contributed by atoms with E-state index in [2.05, 4.69) is 30.5 Å². The minimum Gasteiger partial charge on any atom is -0.356 e. The first-order valence-electron chi connectivity index (χ1n) is 9.56. The van der Waals surface area contributed by atoms with Gasteiger partial charge in [-0.15, -0.1) is 0 Å². The average molecular weight is 379 g/mol. The second-order valence-corrected chi connectivity index (χ2v) is 7.36. The van der Waals surface area contributed by atoms with E-state index in [1.807, 2.05) is 6.07 Å². The van der Waals surface area contributed by atoms with Crippen molar-refractivity contribution in [3.63, 3.8) is 0 Å². The van der Waals surface area contributed by atoms with Crippen LogP contribution in [0.15, 0.2) is 11.2 Å². The first-order chi connectivity index (χ1) is 12.8. The quantitative estimate of drug-likeness (QED) is 0.247. The van der Waals surface area contributed by atoms with E-state index in [0.717, 1.165) is 44.7 Å². The van der Waals surface area contributed by atoms with Crippen LogP contribution < -0.4 is 15.5 Å². The molecule has 142 valence electrons. The Morgan fingerprint density at radius 2 is 2.12 bits per heavy atom. The fraction of sp³-hybridized carbons (Fsp3) is 0.765. The highest BCUT2D eigenvalue weighted by molar-refractivity contribution is 6.29. The summed E-state index contributed by atoms with van der Waals surface area (Å²) in [7, 11) is 0. The number of hydrogen-bond acceptors (Lipinski definition) is 6. The number of nitrogens with zero attached hydrogens (tertiary/aromatic N) is 6. The van der Waals surface area contributed by atoms with Gasteiger partial charge in [-0.05, 0) is 44.2 Å². The minimum atomic E-state index is 0.261. The van der Waals surface area contributed by atoms with Crippen LogP contribution in [-0.2, 0) is 0 Å². The van der Waals surface area contributed by atoms with Crippen LogP contribution in [0.25, 0.3) is 10.4 Å². The molecule has 0 spiro atoms. The molecule has 2 saturated heterocycles. The zero-order valence-electron chi connectivity index (χ0n) is 15.1. The summed E-state index contributed by atoms with van der Waals surface area (Å²) in [4.78, 5) is 14.2. The van der Waals surface area contributed by atoms with Gasteiger partial charge in [-0.2, -0.15) is 4.98 Å². The molecule has 3 rings (SSSR count). The monoisotopic (exact) mass is 378 g/mol. The zero-order valence-corrected chi connectivity index (χ0v) is 15.8. The van der Waals surface area contributed by atoms with E-state index >= 15 is 0 Å². The minimum absolute atomic E-state index is 0.261. The standard InChI is InChI=1S/C17H27ClN8/c18-15-12-16(26-10-3-1-2-4-11-26)24-17(23-15)22-14-7-9-20-13(14)6-5-8-21-25-19/h12-14,20H,1-11H2,(H,22,23,24). The number of halogens is 1. The lowest BCUT2D eigenvalue weighted by Crippen LogP contribution is -2.36. The molecule has 8 nitrogen and oxygen atoms in total. The van der Waals surface area contributed by atoms with Gasteiger partial charge in [0.15, 0.2) is 0 Å². The van der Waals surface area contributed by atoms with Crippen LogP contribution in [0.1, 0.15) is 44.9 Å². The number of aromatic nitrogens is 2. The van der Waals surface area contributed by atoms with Crippen LogP contribution in [0.4, 0.5) is 11.8 Å². The molecule has 1 aromatic rings. The van der Waals surface area contributed by atoms with E-state index in [1.165, 1.54) is 25.7 Å². The normalized spacial score (nSPS) is 23.3. The number of rotatable bonds is 7. The van der Waals surface area contributed by atoms with Crippen molar-refractivity contribution >= 4 is 23.4 Å². The SMILES string of the molecule is [N-]=[N+]=NCCCC1NCCC1Nc1nc(Cl)cc(N2CCCCCC2)n1. The molecule has 0 amide bonds. The van der Waals surface area contributed by atoms with Crippen molar-refractivity contribution in [3.05, 3.63) is 21.7 Å². The Labute approximate surface area is 159 Å². The lowest BCUT2D eigenvalue weighted by molar-refractivity contribution is 0.508. The molecule has 3 heterocycles. The molecule has 0 radical (unpaired) electrons. The molecule has 2 aliphatic rings. The largest absolute Gasteiger partial charge is 0.356 e. The van der Waals surface area contributed by atoms with Gasteiger partial charge in [0.05, 0.1) is 0 Å². The van der Waals surface area contributed by atoms with Crippen molar-refractivity contribution in [3.8, 4) is 0 Å². The van der Waals surface area contributed by atoms with E-state index in [4.69, 9.17) is 22.1 Å². The molecule has 1 aromatic heterocycles. The third kappa shape index (κ3) is 5.37. The fourth-order valence-corrected chi connectivity index (χ4v) is 3.95. The molecule has 2 N–H and O–H groups in total. The van der Waals surface area contributed by atoms with Crippen LogP contribution in [-0.4, -0.2) is 48.2 Å². The molecule has 2 atom stereocenters. The highest BCUT2D eigenvalue weighted by Crippen LogP contribution is 2.23. The first-order valence-corrected chi connectivity index (χ1v) is 9.94. The van der Waals surface area contributed by atoms with Crippen molar-refractivity contribution in [2.24, 2.45) is 5.11 Å². The second-order valence-electron chi connectivity index (χ2n) is 6.97. The summed E-state index contributed by atoms with van der Waals surface area (Å²) in [5, 5.41) is 11.1. The van der Waals surface area contributed by atoms with Gasteiger partial charge in [-0.1, -0.05) is 29.6 Å². The third-order valence-corrected chi connectivity index (χ3v) is 5.30. The van der Waals surface area contributed by atoms with Gasteiger partial charge in [0.2, 0.25) is 5.95 Å². The second kappa shape index (κ2) is 9.80. The molecule has 0 bridgehead atoms. The lowest BCUT2D eigenvalue weighted by Gasteiger charge is -2.24. The maximum Gasteiger partial charge on any atom is 0.226 e. The molecule has 9 heteroatoms. The van der Waals surface area contributed by atoms with Crippen molar-refractivity contribution in [1.29, 1.82) is 0 Å². The molecule has 2 unspecified atom stereocenters. The van der Waals surface area contributed by atoms with Gasteiger partial charge < -0.3 is 15.5 Å². The predicted molar refractivity (Wildman–Crippen MR) is 105 cm³/mol. The van der Waals surface area contributed by atoms with Gasteiger partial charge in [0.25, 0.3) is 0 Å². The highest BCUT2D eigenvalue weighted by atomic mass is 35.5. The van der Waals surface area contributed by atoms with E-state index in [1.54, 1.807) is 0 Å². The Kier molecular flexibility index (Phi) is 7.17. The molecule has 0 aliphatic carbocycles. The van der Waals surface area contributed by atoms with Crippen LogP contribution in [0.2, 0.25) is 5.15 Å². The van der Waals surface area contributed by atoms with Crippen LogP contribution >= 0.6 is 11.6 Å². The lowest BCUT2D eigenvalue weighted by atomic mass is 10.0. The number of nitrogens with one attached hydrogen (secondary N) is 2. The molecule has 26 heavy (non-hydrogen) atoms. The number of azide groups is 1. The van der Waals surface area contributed by atoms with Gasteiger partial charge in [-0.3, -0.25) is 0 Å². The number of anilines is 2. The predicted octanol–water partition coefficient (Wildman–Crippen LogP) is 3.74. The summed E-state index contributed by atoms with van der Waals surface area (Å²) in [6.07, 6.45) is 7.80. The van der Waals surface area contributed by atoms with Crippen LogP contribution in [0, 0.1) is 0 Å². The van der Waals surface area contributed by atoms with Gasteiger partial charge >= 0.3 is 0 Å². The fourth-order valence-electron chi connectivity index (χ4n) is 3.77. The molecule has 2 fully saturated rings. The molecular formula is C17H27ClN8. The van der Waals surface area contributed by atoms with Crippen LogP contribution in [0.5, 0.6) is 0 Å². The van der Waals surface area contributed by atoms with Crippen molar-refractivity contribution in [2.75, 3.05) is 36.4 Å². The Balaban J connectivity index is 1.63. The highest BCUT2D eigenvalue weighted by Gasteiger charge is 2.27. The van der Waals surface area contributed by atoms with Gasteiger partial charge in [0.1, 0.15) is 11.0 Å².